The fourth-order valence-electron chi connectivity index (χ4n) is 3.68. The van der Waals surface area contributed by atoms with Gasteiger partial charge in [0.1, 0.15) is 0 Å². The van der Waals surface area contributed by atoms with E-state index in [1.54, 1.807) is 43.5 Å². The van der Waals surface area contributed by atoms with Crippen molar-refractivity contribution in [2.75, 3.05) is 50.5 Å². The van der Waals surface area contributed by atoms with E-state index in [4.69, 9.17) is 4.74 Å². The number of rotatable bonds is 9. The highest BCUT2D eigenvalue weighted by Gasteiger charge is 2.17. The highest BCUT2D eigenvalue weighted by Crippen LogP contribution is 2.16. The second-order valence-electron chi connectivity index (χ2n) is 8.01. The summed E-state index contributed by atoms with van der Waals surface area (Å²) in [6, 6.07) is 14.0. The van der Waals surface area contributed by atoms with E-state index in [-0.39, 0.29) is 24.3 Å². The molecule has 2 aromatic rings. The number of nitrogens with one attached hydrogen (secondary N) is 3. The highest BCUT2D eigenvalue weighted by atomic mass is 16.5. The molecule has 176 valence electrons. The Hall–Kier alpha value is -3.39. The number of nitrogens with zero attached hydrogens (tertiary/aromatic N) is 1. The van der Waals surface area contributed by atoms with Crippen molar-refractivity contribution in [3.05, 3.63) is 59.7 Å². The molecule has 1 heterocycles. The number of likely N-dealkylation sites (tertiary alicyclic amines) is 1. The number of methoxy groups -OCH3 is 1. The van der Waals surface area contributed by atoms with Crippen LogP contribution in [0.4, 0.5) is 11.4 Å². The maximum atomic E-state index is 12.7. The van der Waals surface area contributed by atoms with E-state index in [1.807, 2.05) is 17.0 Å². The van der Waals surface area contributed by atoms with E-state index < -0.39 is 0 Å². The molecule has 0 saturated carbocycles. The largest absolute Gasteiger partial charge is 0.383 e. The molecule has 0 bridgehead atoms. The number of anilines is 2. The Morgan fingerprint density at radius 3 is 2.33 bits per heavy atom. The SMILES string of the molecule is COCCNC(=O)c1cccc(NC(=O)CNc2ccc(C(=O)N3CCCCCC3)cc2)c1. The van der Waals surface area contributed by atoms with E-state index in [0.717, 1.165) is 31.6 Å². The molecule has 1 aliphatic rings. The van der Waals surface area contributed by atoms with E-state index in [1.165, 1.54) is 12.8 Å². The number of hydrogen-bond acceptors (Lipinski definition) is 5. The van der Waals surface area contributed by atoms with Gasteiger partial charge in [-0.15, -0.1) is 0 Å². The van der Waals surface area contributed by atoms with Crippen LogP contribution in [-0.4, -0.2) is 62.5 Å². The van der Waals surface area contributed by atoms with Crippen LogP contribution in [0.5, 0.6) is 0 Å². The normalized spacial score (nSPS) is 13.7. The second kappa shape index (κ2) is 12.6. The number of ether oxygens (including phenoxy) is 1. The minimum Gasteiger partial charge on any atom is -0.383 e. The molecule has 1 aliphatic heterocycles. The lowest BCUT2D eigenvalue weighted by Gasteiger charge is -2.20. The Morgan fingerprint density at radius 1 is 0.909 bits per heavy atom. The van der Waals surface area contributed by atoms with Crippen LogP contribution in [0, 0.1) is 0 Å². The highest BCUT2D eigenvalue weighted by molar-refractivity contribution is 5.98. The summed E-state index contributed by atoms with van der Waals surface area (Å²) in [5, 5.41) is 8.60. The van der Waals surface area contributed by atoms with Gasteiger partial charge in [0, 0.05) is 49.2 Å². The summed E-state index contributed by atoms with van der Waals surface area (Å²) in [5.41, 5.74) is 2.41. The molecule has 0 atom stereocenters. The number of hydrogen-bond donors (Lipinski definition) is 3. The van der Waals surface area contributed by atoms with Gasteiger partial charge in [0.05, 0.1) is 13.2 Å². The topological polar surface area (TPSA) is 99.8 Å². The third kappa shape index (κ3) is 7.61. The van der Waals surface area contributed by atoms with Crippen LogP contribution in [0.2, 0.25) is 0 Å². The van der Waals surface area contributed by atoms with Gasteiger partial charge < -0.3 is 25.6 Å². The van der Waals surface area contributed by atoms with E-state index in [9.17, 15) is 14.4 Å². The maximum absolute atomic E-state index is 12.7. The zero-order valence-corrected chi connectivity index (χ0v) is 19.1. The second-order valence-corrected chi connectivity index (χ2v) is 8.01. The third-order valence-electron chi connectivity index (χ3n) is 5.48. The summed E-state index contributed by atoms with van der Waals surface area (Å²) >= 11 is 0. The molecule has 3 rings (SSSR count). The zero-order valence-electron chi connectivity index (χ0n) is 19.1. The van der Waals surface area contributed by atoms with Gasteiger partial charge in [0.15, 0.2) is 0 Å². The Balaban J connectivity index is 1.48. The fourth-order valence-corrected chi connectivity index (χ4v) is 3.68. The summed E-state index contributed by atoms with van der Waals surface area (Å²) < 4.78 is 4.92. The lowest BCUT2D eigenvalue weighted by Crippen LogP contribution is -2.31. The molecule has 0 unspecified atom stereocenters. The van der Waals surface area contributed by atoms with Gasteiger partial charge in [-0.25, -0.2) is 0 Å². The summed E-state index contributed by atoms with van der Waals surface area (Å²) in [7, 11) is 1.57. The van der Waals surface area contributed by atoms with E-state index in [2.05, 4.69) is 16.0 Å². The van der Waals surface area contributed by atoms with E-state index >= 15 is 0 Å². The molecule has 8 heteroatoms. The van der Waals surface area contributed by atoms with Crippen molar-refractivity contribution in [2.24, 2.45) is 0 Å². The van der Waals surface area contributed by atoms with Gasteiger partial charge in [-0.3, -0.25) is 14.4 Å². The van der Waals surface area contributed by atoms with Gasteiger partial charge in [-0.05, 0) is 55.3 Å². The maximum Gasteiger partial charge on any atom is 0.253 e. The van der Waals surface area contributed by atoms with Crippen molar-refractivity contribution in [1.29, 1.82) is 0 Å². The molecule has 2 aromatic carbocycles. The van der Waals surface area contributed by atoms with Gasteiger partial charge in [0.2, 0.25) is 5.91 Å². The third-order valence-corrected chi connectivity index (χ3v) is 5.48. The van der Waals surface area contributed by atoms with Crippen LogP contribution in [-0.2, 0) is 9.53 Å². The smallest absolute Gasteiger partial charge is 0.253 e. The van der Waals surface area contributed by atoms with Crippen molar-refractivity contribution in [3.63, 3.8) is 0 Å². The van der Waals surface area contributed by atoms with Crippen molar-refractivity contribution in [2.45, 2.75) is 25.7 Å². The van der Waals surface area contributed by atoms with Gasteiger partial charge in [-0.2, -0.15) is 0 Å². The lowest BCUT2D eigenvalue weighted by molar-refractivity contribution is -0.114. The molecular weight excluding hydrogens is 420 g/mol. The first-order valence-corrected chi connectivity index (χ1v) is 11.4. The first-order chi connectivity index (χ1) is 16.1. The Morgan fingerprint density at radius 2 is 1.64 bits per heavy atom. The number of carbonyl (C=O) groups is 3. The summed E-state index contributed by atoms with van der Waals surface area (Å²) in [4.78, 5) is 39.1. The molecule has 1 fully saturated rings. The van der Waals surface area contributed by atoms with Gasteiger partial charge >= 0.3 is 0 Å². The van der Waals surface area contributed by atoms with Crippen LogP contribution >= 0.6 is 0 Å². The van der Waals surface area contributed by atoms with Crippen LogP contribution in [0.25, 0.3) is 0 Å². The number of carbonyl (C=O) groups excluding carboxylic acids is 3. The monoisotopic (exact) mass is 452 g/mol. The van der Waals surface area contributed by atoms with Crippen LogP contribution in [0.1, 0.15) is 46.4 Å². The number of amides is 3. The van der Waals surface area contributed by atoms with Crippen LogP contribution in [0.15, 0.2) is 48.5 Å². The van der Waals surface area contributed by atoms with Gasteiger partial charge in [-0.1, -0.05) is 18.9 Å². The van der Waals surface area contributed by atoms with Crippen molar-refractivity contribution in [1.82, 2.24) is 10.2 Å². The summed E-state index contributed by atoms with van der Waals surface area (Å²) in [6.45, 7) is 2.53. The molecule has 1 saturated heterocycles. The van der Waals surface area contributed by atoms with Crippen LogP contribution < -0.4 is 16.0 Å². The molecule has 0 radical (unpaired) electrons. The molecule has 3 amide bonds. The lowest BCUT2D eigenvalue weighted by atomic mass is 10.1. The average molecular weight is 453 g/mol. The quantitative estimate of drug-likeness (QED) is 0.508. The van der Waals surface area contributed by atoms with Crippen LogP contribution in [0.3, 0.4) is 0 Å². The summed E-state index contributed by atoms with van der Waals surface area (Å²) in [6.07, 6.45) is 4.48. The molecule has 33 heavy (non-hydrogen) atoms. The first-order valence-electron chi connectivity index (χ1n) is 11.4. The number of benzene rings is 2. The molecular formula is C25H32N4O4. The molecule has 0 spiro atoms. The minimum atomic E-state index is -0.239. The molecule has 3 N–H and O–H groups in total. The van der Waals surface area contributed by atoms with Gasteiger partial charge in [0.25, 0.3) is 11.8 Å². The minimum absolute atomic E-state index is 0.0592. The van der Waals surface area contributed by atoms with Crippen molar-refractivity contribution >= 4 is 29.1 Å². The predicted octanol–water partition coefficient (Wildman–Crippen LogP) is 3.13. The first kappa shape index (κ1) is 24.3. The molecule has 8 nitrogen and oxygen atoms in total. The summed E-state index contributed by atoms with van der Waals surface area (Å²) in [5.74, 6) is -0.403. The Bertz CT molecular complexity index is 938. The average Bonchev–Trinajstić information content (AvgIpc) is 3.12. The Labute approximate surface area is 194 Å². The predicted molar refractivity (Wildman–Crippen MR) is 129 cm³/mol. The Kier molecular flexibility index (Phi) is 9.26. The molecule has 0 aliphatic carbocycles. The fraction of sp³-hybridized carbons (Fsp3) is 0.400. The van der Waals surface area contributed by atoms with E-state index in [0.29, 0.717) is 30.0 Å². The van der Waals surface area contributed by atoms with Crippen molar-refractivity contribution in [3.8, 4) is 0 Å². The zero-order chi connectivity index (χ0) is 23.5. The standard InChI is InChI=1S/C25H32N4O4/c1-33-16-13-26-24(31)20-7-6-8-22(17-20)28-23(30)18-27-21-11-9-19(10-12-21)25(32)29-14-4-2-3-5-15-29/h6-12,17,27H,2-5,13-16,18H2,1H3,(H,26,31)(H,28,30). The molecule has 0 aromatic heterocycles. The van der Waals surface area contributed by atoms with Crippen molar-refractivity contribution < 1.29 is 19.1 Å².